The summed E-state index contributed by atoms with van der Waals surface area (Å²) >= 11 is 14.0. The van der Waals surface area contributed by atoms with Crippen molar-refractivity contribution in [1.82, 2.24) is 24.1 Å². The highest BCUT2D eigenvalue weighted by Gasteiger charge is 2.13. The van der Waals surface area contributed by atoms with Crippen LogP contribution < -0.4 is 0 Å². The molecule has 0 atom stereocenters. The molecule has 0 saturated heterocycles. The molecule has 0 aliphatic heterocycles. The Hall–Kier alpha value is -2.02. The first kappa shape index (κ1) is 15.5. The molecule has 0 unspecified atom stereocenters. The average molecular weight is 376 g/mol. The summed E-state index contributed by atoms with van der Waals surface area (Å²) in [7, 11) is 0. The van der Waals surface area contributed by atoms with Gasteiger partial charge in [-0.2, -0.15) is 0 Å². The van der Waals surface area contributed by atoms with E-state index in [9.17, 15) is 0 Å². The molecule has 1 aromatic carbocycles. The molecule has 0 amide bonds. The number of hydrogen-bond donors (Lipinski definition) is 0. The van der Waals surface area contributed by atoms with Gasteiger partial charge in [0.1, 0.15) is 17.1 Å². The number of benzene rings is 1. The van der Waals surface area contributed by atoms with Gasteiger partial charge in [0.15, 0.2) is 5.16 Å². The first-order valence-corrected chi connectivity index (χ1v) is 8.87. The van der Waals surface area contributed by atoms with Crippen LogP contribution in [-0.4, -0.2) is 24.1 Å². The Labute approximate surface area is 152 Å². The second kappa shape index (κ2) is 6.47. The third-order valence-corrected chi connectivity index (χ3v) is 5.06. The fraction of sp³-hybridized carbons (Fsp3) is 0.0625. The van der Waals surface area contributed by atoms with Crippen LogP contribution in [0.25, 0.3) is 11.3 Å². The third kappa shape index (κ3) is 2.88. The largest absolute Gasteiger partial charge is 0.289 e. The van der Waals surface area contributed by atoms with Gasteiger partial charge in [-0.1, -0.05) is 53.2 Å². The molecule has 0 aliphatic carbocycles. The Morgan fingerprint density at radius 2 is 1.88 bits per heavy atom. The lowest BCUT2D eigenvalue weighted by atomic mass is 10.3. The van der Waals surface area contributed by atoms with Gasteiger partial charge in [0.2, 0.25) is 0 Å². The van der Waals surface area contributed by atoms with E-state index < -0.39 is 0 Å². The molecule has 0 aliphatic rings. The predicted octanol–water partition coefficient (Wildman–Crippen LogP) is 4.51. The van der Waals surface area contributed by atoms with Gasteiger partial charge in [0.25, 0.3) is 0 Å². The predicted molar refractivity (Wildman–Crippen MR) is 96.1 cm³/mol. The summed E-state index contributed by atoms with van der Waals surface area (Å²) < 4.78 is 3.72. The summed E-state index contributed by atoms with van der Waals surface area (Å²) in [6.45, 7) is 0. The number of pyridine rings is 1. The second-order valence-electron chi connectivity index (χ2n) is 5.03. The molecule has 4 aromatic rings. The van der Waals surface area contributed by atoms with Gasteiger partial charge in [0, 0.05) is 17.6 Å². The van der Waals surface area contributed by atoms with Crippen molar-refractivity contribution in [3.05, 3.63) is 70.9 Å². The minimum Gasteiger partial charge on any atom is -0.289 e. The Morgan fingerprint density at radius 1 is 1.04 bits per heavy atom. The number of nitrogens with zero attached hydrogens (tertiary/aromatic N) is 5. The zero-order valence-electron chi connectivity index (χ0n) is 12.3. The normalized spacial score (nSPS) is 11.2. The number of fused-ring (bicyclic) bond motifs is 1. The lowest BCUT2D eigenvalue weighted by Gasteiger charge is -2.05. The van der Waals surface area contributed by atoms with Gasteiger partial charge in [-0.15, -0.1) is 10.2 Å². The summed E-state index contributed by atoms with van der Waals surface area (Å²) in [5, 5.41) is 10.1. The highest BCUT2D eigenvalue weighted by molar-refractivity contribution is 7.98. The first-order valence-electron chi connectivity index (χ1n) is 7.12. The van der Waals surface area contributed by atoms with E-state index in [0.29, 0.717) is 15.9 Å². The molecule has 3 aromatic heterocycles. The highest BCUT2D eigenvalue weighted by atomic mass is 35.5. The van der Waals surface area contributed by atoms with Gasteiger partial charge < -0.3 is 0 Å². The van der Waals surface area contributed by atoms with Crippen LogP contribution in [0.3, 0.4) is 0 Å². The van der Waals surface area contributed by atoms with Gasteiger partial charge in [-0.25, -0.2) is 4.98 Å². The molecule has 120 valence electrons. The Balaban J connectivity index is 1.60. The van der Waals surface area contributed by atoms with Crippen molar-refractivity contribution in [2.75, 3.05) is 0 Å². The number of rotatable bonds is 4. The van der Waals surface area contributed by atoms with E-state index in [0.717, 1.165) is 22.2 Å². The topological polar surface area (TPSA) is 48.0 Å². The summed E-state index contributed by atoms with van der Waals surface area (Å²) in [6.07, 6.45) is 3.45. The van der Waals surface area contributed by atoms with Crippen LogP contribution in [-0.2, 0) is 5.75 Å². The fourth-order valence-corrected chi connectivity index (χ4v) is 3.70. The minimum absolute atomic E-state index is 0.561. The quantitative estimate of drug-likeness (QED) is 0.492. The van der Waals surface area contributed by atoms with Crippen molar-refractivity contribution in [2.45, 2.75) is 10.9 Å². The van der Waals surface area contributed by atoms with Crippen molar-refractivity contribution in [2.24, 2.45) is 0 Å². The summed E-state index contributed by atoms with van der Waals surface area (Å²) in [5.74, 6) is 0.587. The number of aromatic nitrogens is 5. The summed E-state index contributed by atoms with van der Waals surface area (Å²) in [4.78, 5) is 4.55. The van der Waals surface area contributed by atoms with Crippen molar-refractivity contribution in [3.63, 3.8) is 0 Å². The molecule has 0 N–H and O–H groups in total. The molecule has 5 nitrogen and oxygen atoms in total. The van der Waals surface area contributed by atoms with Crippen molar-refractivity contribution < 1.29 is 0 Å². The molecule has 24 heavy (non-hydrogen) atoms. The van der Waals surface area contributed by atoms with Crippen LogP contribution in [0.5, 0.6) is 0 Å². The standard InChI is InChI=1S/C16H11Cl2N5S/c17-11-6-7-14-20-13(15(18)22(14)8-11)9-24-16-21-19-10-23(16)12-4-2-1-3-5-12/h1-8,10H,9H2. The maximum absolute atomic E-state index is 6.41. The van der Waals surface area contributed by atoms with Crippen LogP contribution in [0.2, 0.25) is 10.2 Å². The van der Waals surface area contributed by atoms with Crippen molar-refractivity contribution >= 4 is 40.6 Å². The third-order valence-electron chi connectivity index (χ3n) is 3.48. The maximum atomic E-state index is 6.41. The second-order valence-corrected chi connectivity index (χ2v) is 6.77. The number of hydrogen-bond acceptors (Lipinski definition) is 4. The number of thioether (sulfide) groups is 1. The Kier molecular flexibility index (Phi) is 4.18. The lowest BCUT2D eigenvalue weighted by Crippen LogP contribution is -1.95. The van der Waals surface area contributed by atoms with Crippen molar-refractivity contribution in [1.29, 1.82) is 0 Å². The van der Waals surface area contributed by atoms with E-state index in [2.05, 4.69) is 15.2 Å². The zero-order valence-corrected chi connectivity index (χ0v) is 14.6. The molecule has 4 rings (SSSR count). The van der Waals surface area contributed by atoms with E-state index in [1.54, 1.807) is 23.0 Å². The molecule has 3 heterocycles. The van der Waals surface area contributed by atoms with Gasteiger partial charge in [0.05, 0.1) is 10.7 Å². The molecular formula is C16H11Cl2N5S. The van der Waals surface area contributed by atoms with Crippen molar-refractivity contribution in [3.8, 4) is 5.69 Å². The number of imidazole rings is 1. The van der Waals surface area contributed by atoms with Gasteiger partial charge in [-0.05, 0) is 24.3 Å². The van der Waals surface area contributed by atoms with Gasteiger partial charge in [-0.3, -0.25) is 8.97 Å². The van der Waals surface area contributed by atoms with Crippen LogP contribution >= 0.6 is 35.0 Å². The molecule has 0 bridgehead atoms. The first-order chi connectivity index (χ1) is 11.7. The monoisotopic (exact) mass is 375 g/mol. The maximum Gasteiger partial charge on any atom is 0.195 e. The molecule has 0 fully saturated rings. The lowest BCUT2D eigenvalue weighted by molar-refractivity contribution is 0.883. The SMILES string of the molecule is Clc1ccc2nc(CSc3nncn3-c3ccccc3)c(Cl)n2c1. The molecule has 0 saturated carbocycles. The van der Waals surface area contributed by atoms with E-state index in [1.165, 1.54) is 11.8 Å². The van der Waals surface area contributed by atoms with E-state index in [-0.39, 0.29) is 0 Å². The summed E-state index contributed by atoms with van der Waals surface area (Å²) in [5.41, 5.74) is 2.56. The minimum atomic E-state index is 0.561. The van der Waals surface area contributed by atoms with Crippen LogP contribution in [0.4, 0.5) is 0 Å². The Bertz CT molecular complexity index is 996. The van der Waals surface area contributed by atoms with E-state index >= 15 is 0 Å². The number of halogens is 2. The van der Waals surface area contributed by atoms with Crippen LogP contribution in [0.1, 0.15) is 5.69 Å². The molecule has 0 spiro atoms. The smallest absolute Gasteiger partial charge is 0.195 e. The fourth-order valence-electron chi connectivity index (χ4n) is 2.35. The van der Waals surface area contributed by atoms with E-state index in [1.807, 2.05) is 41.0 Å². The Morgan fingerprint density at radius 3 is 2.71 bits per heavy atom. The van der Waals surface area contributed by atoms with Crippen LogP contribution in [0, 0.1) is 0 Å². The summed E-state index contributed by atoms with van der Waals surface area (Å²) in [6, 6.07) is 13.6. The zero-order chi connectivity index (χ0) is 16.5. The van der Waals surface area contributed by atoms with E-state index in [4.69, 9.17) is 23.2 Å². The van der Waals surface area contributed by atoms with Gasteiger partial charge >= 0.3 is 0 Å². The highest BCUT2D eigenvalue weighted by Crippen LogP contribution is 2.28. The van der Waals surface area contributed by atoms with Crippen LogP contribution in [0.15, 0.2) is 60.1 Å². The average Bonchev–Trinajstić information content (AvgIpc) is 3.19. The molecule has 0 radical (unpaired) electrons. The number of para-hydroxylation sites is 1. The molecule has 8 heteroatoms. The molecular weight excluding hydrogens is 365 g/mol.